The van der Waals surface area contributed by atoms with E-state index in [1.165, 1.54) is 6.07 Å². The Morgan fingerprint density at radius 1 is 1.25 bits per heavy atom. The monoisotopic (exact) mass is 306 g/mol. The third-order valence-electron chi connectivity index (χ3n) is 3.37. The molecule has 1 aliphatic rings. The molecule has 0 aliphatic carbocycles. The fourth-order valence-electron chi connectivity index (χ4n) is 2.26. The van der Waals surface area contributed by atoms with Crippen LogP contribution >= 0.6 is 0 Å². The van der Waals surface area contributed by atoms with Gasteiger partial charge in [-0.05, 0) is 44.1 Å². The Balaban J connectivity index is 2.02. The zero-order chi connectivity index (χ0) is 14.8. The van der Waals surface area contributed by atoms with Crippen LogP contribution in [-0.2, 0) is 17.0 Å². The minimum absolute atomic E-state index is 0.0559. The van der Waals surface area contributed by atoms with Gasteiger partial charge in [0, 0.05) is 18.0 Å². The Morgan fingerprint density at radius 3 is 2.45 bits per heavy atom. The topological polar surface area (TPSA) is 46.3 Å². The fourth-order valence-corrected chi connectivity index (χ4v) is 3.45. The summed E-state index contributed by atoms with van der Waals surface area (Å²) >= 11 is 0. The third-order valence-corrected chi connectivity index (χ3v) is 4.79. The van der Waals surface area contributed by atoms with E-state index < -0.39 is 22.5 Å². The predicted octanol–water partition coefficient (Wildman–Crippen LogP) is 2.49. The van der Waals surface area contributed by atoms with E-state index in [-0.39, 0.29) is 10.6 Å². The van der Waals surface area contributed by atoms with Crippen molar-refractivity contribution in [3.05, 3.63) is 23.8 Å². The van der Waals surface area contributed by atoms with Crippen LogP contribution in [0.4, 0.5) is 18.9 Å². The SMILES string of the molecule is Nc1cc(C(F)(F)F)ccc1S(=O)CCN1CCCC1. The van der Waals surface area contributed by atoms with E-state index in [1.807, 2.05) is 0 Å². The van der Waals surface area contributed by atoms with Crippen molar-refractivity contribution >= 4 is 16.5 Å². The van der Waals surface area contributed by atoms with E-state index in [9.17, 15) is 17.4 Å². The van der Waals surface area contributed by atoms with E-state index in [0.29, 0.717) is 12.3 Å². The Hall–Kier alpha value is -1.08. The van der Waals surface area contributed by atoms with E-state index in [0.717, 1.165) is 38.1 Å². The lowest BCUT2D eigenvalue weighted by Crippen LogP contribution is -2.24. The molecule has 1 fully saturated rings. The van der Waals surface area contributed by atoms with Crippen molar-refractivity contribution in [2.45, 2.75) is 23.9 Å². The lowest BCUT2D eigenvalue weighted by atomic mass is 10.2. The van der Waals surface area contributed by atoms with Gasteiger partial charge in [0.05, 0.1) is 21.3 Å². The first-order valence-corrected chi connectivity index (χ1v) is 7.77. The summed E-state index contributed by atoms with van der Waals surface area (Å²) in [7, 11) is -1.36. The number of nitrogen functional groups attached to an aromatic ring is 1. The first kappa shape index (κ1) is 15.3. The molecular formula is C13H17F3N2OS. The second kappa shape index (κ2) is 6.13. The number of hydrogen-bond donors (Lipinski definition) is 1. The summed E-state index contributed by atoms with van der Waals surface area (Å²) in [5, 5.41) is 0. The summed E-state index contributed by atoms with van der Waals surface area (Å²) in [4.78, 5) is 2.50. The summed E-state index contributed by atoms with van der Waals surface area (Å²) in [6.07, 6.45) is -2.13. The molecule has 2 N–H and O–H groups in total. The number of nitrogens with two attached hydrogens (primary N) is 1. The highest BCUT2D eigenvalue weighted by atomic mass is 32.2. The first-order valence-electron chi connectivity index (χ1n) is 6.45. The van der Waals surface area contributed by atoms with Crippen LogP contribution in [0.15, 0.2) is 23.1 Å². The van der Waals surface area contributed by atoms with E-state index in [4.69, 9.17) is 5.73 Å². The summed E-state index contributed by atoms with van der Waals surface area (Å²) in [6, 6.07) is 3.00. The second-order valence-electron chi connectivity index (χ2n) is 4.85. The second-order valence-corrected chi connectivity index (χ2v) is 6.39. The van der Waals surface area contributed by atoms with Crippen LogP contribution < -0.4 is 5.73 Å². The van der Waals surface area contributed by atoms with Gasteiger partial charge in [-0.25, -0.2) is 0 Å². The van der Waals surface area contributed by atoms with Gasteiger partial charge in [0.2, 0.25) is 0 Å². The fraction of sp³-hybridized carbons (Fsp3) is 0.538. The highest BCUT2D eigenvalue weighted by Crippen LogP contribution is 2.32. The minimum atomic E-state index is -4.43. The van der Waals surface area contributed by atoms with Crippen LogP contribution in [0.5, 0.6) is 0 Å². The van der Waals surface area contributed by atoms with Gasteiger partial charge in [-0.3, -0.25) is 4.21 Å². The Morgan fingerprint density at radius 2 is 1.90 bits per heavy atom. The normalized spacial score (nSPS) is 18.4. The van der Waals surface area contributed by atoms with Crippen molar-refractivity contribution in [1.29, 1.82) is 0 Å². The van der Waals surface area contributed by atoms with E-state index in [1.54, 1.807) is 0 Å². The van der Waals surface area contributed by atoms with Gasteiger partial charge in [0.25, 0.3) is 0 Å². The Labute approximate surface area is 118 Å². The molecule has 1 aromatic carbocycles. The van der Waals surface area contributed by atoms with Crippen molar-refractivity contribution in [1.82, 2.24) is 4.90 Å². The number of hydrogen-bond acceptors (Lipinski definition) is 3. The van der Waals surface area contributed by atoms with Crippen LogP contribution in [0.25, 0.3) is 0 Å². The maximum absolute atomic E-state index is 12.5. The van der Waals surface area contributed by atoms with Crippen LogP contribution in [0.1, 0.15) is 18.4 Å². The molecule has 1 aliphatic heterocycles. The predicted molar refractivity (Wildman–Crippen MR) is 72.8 cm³/mol. The molecule has 0 radical (unpaired) electrons. The quantitative estimate of drug-likeness (QED) is 0.869. The average molecular weight is 306 g/mol. The summed E-state index contributed by atoms with van der Waals surface area (Å²) in [5.41, 5.74) is 4.73. The van der Waals surface area contributed by atoms with Gasteiger partial charge in [0.15, 0.2) is 0 Å². The largest absolute Gasteiger partial charge is 0.416 e. The molecule has 0 aromatic heterocycles. The average Bonchev–Trinajstić information content (AvgIpc) is 2.87. The zero-order valence-corrected chi connectivity index (χ0v) is 11.8. The van der Waals surface area contributed by atoms with Gasteiger partial charge < -0.3 is 10.6 Å². The number of alkyl halides is 3. The number of benzene rings is 1. The number of anilines is 1. The van der Waals surface area contributed by atoms with Gasteiger partial charge in [-0.2, -0.15) is 13.2 Å². The van der Waals surface area contributed by atoms with Gasteiger partial charge in [0.1, 0.15) is 0 Å². The maximum Gasteiger partial charge on any atom is 0.416 e. The zero-order valence-electron chi connectivity index (χ0n) is 10.9. The van der Waals surface area contributed by atoms with E-state index in [2.05, 4.69) is 4.90 Å². The molecule has 1 saturated heterocycles. The molecular weight excluding hydrogens is 289 g/mol. The molecule has 1 unspecified atom stereocenters. The molecule has 20 heavy (non-hydrogen) atoms. The number of likely N-dealkylation sites (tertiary alicyclic amines) is 1. The molecule has 0 spiro atoms. The molecule has 0 bridgehead atoms. The third kappa shape index (κ3) is 3.73. The smallest absolute Gasteiger partial charge is 0.398 e. The van der Waals surface area contributed by atoms with Crippen LogP contribution in [-0.4, -0.2) is 34.5 Å². The lowest BCUT2D eigenvalue weighted by Gasteiger charge is -2.15. The molecule has 2 rings (SSSR count). The minimum Gasteiger partial charge on any atom is -0.398 e. The highest BCUT2D eigenvalue weighted by molar-refractivity contribution is 7.85. The molecule has 1 heterocycles. The molecule has 3 nitrogen and oxygen atoms in total. The molecule has 0 saturated carbocycles. The van der Waals surface area contributed by atoms with Crippen LogP contribution in [0, 0.1) is 0 Å². The Kier molecular flexibility index (Phi) is 4.70. The highest BCUT2D eigenvalue weighted by Gasteiger charge is 2.31. The van der Waals surface area contributed by atoms with Crippen molar-refractivity contribution in [2.75, 3.05) is 31.1 Å². The number of halogens is 3. The first-order chi connectivity index (χ1) is 9.38. The standard InChI is InChI=1S/C13H17F3N2OS/c14-13(15,16)10-3-4-12(11(17)9-10)20(19)8-7-18-5-1-2-6-18/h3-4,9H,1-2,5-8,17H2. The van der Waals surface area contributed by atoms with Crippen LogP contribution in [0.2, 0.25) is 0 Å². The Bertz CT molecular complexity index is 499. The van der Waals surface area contributed by atoms with E-state index >= 15 is 0 Å². The lowest BCUT2D eigenvalue weighted by molar-refractivity contribution is -0.137. The van der Waals surface area contributed by atoms with Crippen molar-refractivity contribution in [2.24, 2.45) is 0 Å². The molecule has 0 amide bonds. The van der Waals surface area contributed by atoms with Crippen molar-refractivity contribution < 1.29 is 17.4 Å². The molecule has 7 heteroatoms. The molecule has 1 aromatic rings. The van der Waals surface area contributed by atoms with Gasteiger partial charge in [-0.1, -0.05) is 0 Å². The summed E-state index contributed by atoms with van der Waals surface area (Å²) in [5.74, 6) is 0.398. The van der Waals surface area contributed by atoms with Gasteiger partial charge in [-0.15, -0.1) is 0 Å². The number of nitrogens with zero attached hydrogens (tertiary/aromatic N) is 1. The van der Waals surface area contributed by atoms with Crippen LogP contribution in [0.3, 0.4) is 0 Å². The van der Waals surface area contributed by atoms with Crippen molar-refractivity contribution in [3.8, 4) is 0 Å². The number of rotatable bonds is 4. The summed E-state index contributed by atoms with van der Waals surface area (Å²) in [6.45, 7) is 2.69. The summed E-state index contributed by atoms with van der Waals surface area (Å²) < 4.78 is 49.7. The molecule has 112 valence electrons. The van der Waals surface area contributed by atoms with Gasteiger partial charge >= 0.3 is 6.18 Å². The molecule has 1 atom stereocenters. The maximum atomic E-state index is 12.5. The van der Waals surface area contributed by atoms with Crippen molar-refractivity contribution in [3.63, 3.8) is 0 Å².